The molecular formula is C18H18N4O. The van der Waals surface area contributed by atoms with Gasteiger partial charge in [-0.3, -0.25) is 4.79 Å². The van der Waals surface area contributed by atoms with Gasteiger partial charge in [-0.15, -0.1) is 0 Å². The molecule has 2 N–H and O–H groups in total. The average Bonchev–Trinajstić information content (AvgIpc) is 2.54. The molecule has 0 fully saturated rings. The summed E-state index contributed by atoms with van der Waals surface area (Å²) in [5.74, 6) is 0.155. The number of hydrogen-bond donors (Lipinski definition) is 2. The van der Waals surface area contributed by atoms with Crippen molar-refractivity contribution in [3.05, 3.63) is 65.0 Å². The molecule has 5 heteroatoms. The monoisotopic (exact) mass is 306 g/mol. The lowest BCUT2D eigenvalue weighted by molar-refractivity contribution is -0.112. The van der Waals surface area contributed by atoms with E-state index in [0.717, 1.165) is 16.7 Å². The summed E-state index contributed by atoms with van der Waals surface area (Å²) in [6.07, 6.45) is 3.02. The maximum absolute atomic E-state index is 12.3. The summed E-state index contributed by atoms with van der Waals surface area (Å²) >= 11 is 0. The van der Waals surface area contributed by atoms with Crippen LogP contribution in [0, 0.1) is 32.1 Å². The van der Waals surface area contributed by atoms with E-state index in [2.05, 4.69) is 15.6 Å². The fraction of sp³-hybridized carbons (Fsp3) is 0.167. The Kier molecular flexibility index (Phi) is 5.11. The molecular weight excluding hydrogens is 288 g/mol. The van der Waals surface area contributed by atoms with E-state index in [9.17, 15) is 10.1 Å². The zero-order valence-corrected chi connectivity index (χ0v) is 13.3. The van der Waals surface area contributed by atoms with Crippen LogP contribution < -0.4 is 10.6 Å². The summed E-state index contributed by atoms with van der Waals surface area (Å²) in [6, 6.07) is 11.3. The number of nitrogens with zero attached hydrogens (tertiary/aromatic N) is 2. The first-order valence-electron chi connectivity index (χ1n) is 7.19. The number of anilines is 2. The minimum Gasteiger partial charge on any atom is -0.345 e. The van der Waals surface area contributed by atoms with Crippen LogP contribution in [-0.4, -0.2) is 10.9 Å². The first-order valence-corrected chi connectivity index (χ1v) is 7.19. The summed E-state index contributed by atoms with van der Waals surface area (Å²) in [6.45, 7) is 5.79. The van der Waals surface area contributed by atoms with Crippen molar-refractivity contribution in [2.24, 2.45) is 0 Å². The molecule has 0 bridgehead atoms. The van der Waals surface area contributed by atoms with Gasteiger partial charge in [0.15, 0.2) is 0 Å². The minimum atomic E-state index is -0.456. The normalized spacial score (nSPS) is 10.8. The second-order valence-corrected chi connectivity index (χ2v) is 5.18. The molecule has 0 saturated carbocycles. The Bertz CT molecular complexity index is 803. The number of carbonyl (C=O) groups is 1. The van der Waals surface area contributed by atoms with Crippen LogP contribution >= 0.6 is 0 Å². The molecule has 23 heavy (non-hydrogen) atoms. The van der Waals surface area contributed by atoms with Crippen molar-refractivity contribution in [1.82, 2.24) is 4.98 Å². The van der Waals surface area contributed by atoms with Crippen molar-refractivity contribution in [3.63, 3.8) is 0 Å². The summed E-state index contributed by atoms with van der Waals surface area (Å²) in [5.41, 5.74) is 3.66. The Balaban J connectivity index is 2.16. The summed E-state index contributed by atoms with van der Waals surface area (Å²) in [4.78, 5) is 16.4. The number of nitriles is 1. The third kappa shape index (κ3) is 3.95. The fourth-order valence-electron chi connectivity index (χ4n) is 2.00. The third-order valence-electron chi connectivity index (χ3n) is 3.58. The van der Waals surface area contributed by atoms with E-state index in [4.69, 9.17) is 0 Å². The lowest BCUT2D eigenvalue weighted by Crippen LogP contribution is -2.15. The van der Waals surface area contributed by atoms with Crippen molar-refractivity contribution in [2.75, 3.05) is 10.6 Å². The molecule has 1 heterocycles. The zero-order valence-electron chi connectivity index (χ0n) is 13.3. The third-order valence-corrected chi connectivity index (χ3v) is 3.58. The molecule has 2 aromatic rings. The summed E-state index contributed by atoms with van der Waals surface area (Å²) in [5, 5.41) is 14.9. The quantitative estimate of drug-likeness (QED) is 0.670. The van der Waals surface area contributed by atoms with Gasteiger partial charge in [0.2, 0.25) is 0 Å². The second-order valence-electron chi connectivity index (χ2n) is 5.18. The van der Waals surface area contributed by atoms with Crippen molar-refractivity contribution in [1.29, 1.82) is 5.26 Å². The van der Waals surface area contributed by atoms with Crippen LogP contribution in [0.25, 0.3) is 0 Å². The van der Waals surface area contributed by atoms with Crippen molar-refractivity contribution >= 4 is 17.4 Å². The van der Waals surface area contributed by atoms with E-state index in [0.29, 0.717) is 11.5 Å². The number of hydrogen-bond acceptors (Lipinski definition) is 4. The van der Waals surface area contributed by atoms with Gasteiger partial charge >= 0.3 is 0 Å². The SMILES string of the molecule is Cc1cccnc1N/C=C(/C#N)C(=O)Nc1cccc(C)c1C. The Labute approximate surface area is 135 Å². The Morgan fingerprint density at radius 2 is 1.91 bits per heavy atom. The number of benzene rings is 1. The first kappa shape index (κ1) is 16.2. The highest BCUT2D eigenvalue weighted by Gasteiger charge is 2.11. The number of pyridine rings is 1. The number of nitrogens with one attached hydrogen (secondary N) is 2. The molecule has 2 rings (SSSR count). The standard InChI is InChI=1S/C18H18N4O/c1-12-6-4-8-16(14(12)3)22-18(23)15(10-19)11-21-17-13(2)7-5-9-20-17/h4-9,11H,1-3H3,(H,20,21)(H,22,23)/b15-11-. The molecule has 0 unspecified atom stereocenters. The molecule has 0 aliphatic heterocycles. The molecule has 1 aromatic heterocycles. The molecule has 5 nitrogen and oxygen atoms in total. The topological polar surface area (TPSA) is 77.8 Å². The van der Waals surface area contributed by atoms with Crippen molar-refractivity contribution in [3.8, 4) is 6.07 Å². The van der Waals surface area contributed by atoms with E-state index in [1.165, 1.54) is 6.20 Å². The zero-order chi connectivity index (χ0) is 16.8. The molecule has 0 aliphatic carbocycles. The van der Waals surface area contributed by atoms with Crippen LogP contribution in [0.15, 0.2) is 48.3 Å². The molecule has 0 atom stereocenters. The average molecular weight is 306 g/mol. The molecule has 0 saturated heterocycles. The highest BCUT2D eigenvalue weighted by molar-refractivity contribution is 6.07. The minimum absolute atomic E-state index is 0.0176. The number of aromatic nitrogens is 1. The van der Waals surface area contributed by atoms with Gasteiger partial charge in [-0.25, -0.2) is 4.98 Å². The van der Waals surface area contributed by atoms with Crippen molar-refractivity contribution in [2.45, 2.75) is 20.8 Å². The lowest BCUT2D eigenvalue weighted by atomic mass is 10.1. The van der Waals surface area contributed by atoms with Gasteiger partial charge in [0, 0.05) is 18.1 Å². The molecule has 116 valence electrons. The lowest BCUT2D eigenvalue weighted by Gasteiger charge is -2.10. The van der Waals surface area contributed by atoms with Gasteiger partial charge in [0.05, 0.1) is 0 Å². The van der Waals surface area contributed by atoms with Gasteiger partial charge < -0.3 is 10.6 Å². The summed E-state index contributed by atoms with van der Waals surface area (Å²) in [7, 11) is 0. The van der Waals surface area contributed by atoms with Crippen LogP contribution in [-0.2, 0) is 4.79 Å². The smallest absolute Gasteiger partial charge is 0.267 e. The van der Waals surface area contributed by atoms with Gasteiger partial charge in [-0.2, -0.15) is 5.26 Å². The van der Waals surface area contributed by atoms with Crippen LogP contribution in [0.1, 0.15) is 16.7 Å². The van der Waals surface area contributed by atoms with Gasteiger partial charge in [-0.05, 0) is 49.6 Å². The highest BCUT2D eigenvalue weighted by atomic mass is 16.1. The van der Waals surface area contributed by atoms with Crippen LogP contribution in [0.2, 0.25) is 0 Å². The van der Waals surface area contributed by atoms with Crippen LogP contribution in [0.3, 0.4) is 0 Å². The Morgan fingerprint density at radius 1 is 1.17 bits per heavy atom. The Morgan fingerprint density at radius 3 is 2.61 bits per heavy atom. The van der Waals surface area contributed by atoms with E-state index < -0.39 is 5.91 Å². The van der Waals surface area contributed by atoms with E-state index >= 15 is 0 Å². The maximum Gasteiger partial charge on any atom is 0.267 e. The van der Waals surface area contributed by atoms with Gasteiger partial charge in [0.25, 0.3) is 5.91 Å². The molecule has 1 amide bonds. The maximum atomic E-state index is 12.3. The predicted octanol–water partition coefficient (Wildman–Crippen LogP) is 3.46. The fourth-order valence-corrected chi connectivity index (χ4v) is 2.00. The molecule has 0 radical (unpaired) electrons. The van der Waals surface area contributed by atoms with Crippen LogP contribution in [0.4, 0.5) is 11.5 Å². The largest absolute Gasteiger partial charge is 0.345 e. The Hall–Kier alpha value is -3.13. The number of carbonyl (C=O) groups excluding carboxylic acids is 1. The van der Waals surface area contributed by atoms with E-state index in [1.807, 2.05) is 57.2 Å². The molecule has 1 aromatic carbocycles. The van der Waals surface area contributed by atoms with Crippen LogP contribution in [0.5, 0.6) is 0 Å². The van der Waals surface area contributed by atoms with Gasteiger partial charge in [-0.1, -0.05) is 18.2 Å². The summed E-state index contributed by atoms with van der Waals surface area (Å²) < 4.78 is 0. The first-order chi connectivity index (χ1) is 11.0. The number of amides is 1. The predicted molar refractivity (Wildman–Crippen MR) is 90.8 cm³/mol. The molecule has 0 spiro atoms. The number of aryl methyl sites for hydroxylation is 2. The number of rotatable bonds is 4. The van der Waals surface area contributed by atoms with E-state index in [-0.39, 0.29) is 5.57 Å². The van der Waals surface area contributed by atoms with Crippen molar-refractivity contribution < 1.29 is 4.79 Å². The van der Waals surface area contributed by atoms with E-state index in [1.54, 1.807) is 6.20 Å². The molecule has 0 aliphatic rings. The highest BCUT2D eigenvalue weighted by Crippen LogP contribution is 2.18. The van der Waals surface area contributed by atoms with Gasteiger partial charge in [0.1, 0.15) is 17.5 Å². The second kappa shape index (κ2) is 7.23.